The summed E-state index contributed by atoms with van der Waals surface area (Å²) in [6, 6.07) is 3.98. The molecule has 0 radical (unpaired) electrons. The Morgan fingerprint density at radius 1 is 1.52 bits per heavy atom. The lowest BCUT2D eigenvalue weighted by atomic mass is 9.73. The third-order valence-corrected chi connectivity index (χ3v) is 5.16. The third-order valence-electron chi connectivity index (χ3n) is 5.16. The molecule has 0 spiro atoms. The predicted molar refractivity (Wildman–Crippen MR) is 104 cm³/mol. The molecule has 2 atom stereocenters. The van der Waals surface area contributed by atoms with Gasteiger partial charge in [0, 0.05) is 19.2 Å². The summed E-state index contributed by atoms with van der Waals surface area (Å²) < 4.78 is 40.1. The maximum atomic E-state index is 14.9. The molecule has 1 amide bonds. The molecule has 2 unspecified atom stereocenters. The first-order valence-corrected chi connectivity index (χ1v) is 9.19. The molecule has 2 aliphatic heterocycles. The molecule has 0 bridgehead atoms. The minimum absolute atomic E-state index is 0.0125. The van der Waals surface area contributed by atoms with Gasteiger partial charge in [-0.2, -0.15) is 0 Å². The molecule has 2 N–H and O–H groups in total. The zero-order valence-corrected chi connectivity index (χ0v) is 16.3. The quantitative estimate of drug-likeness (QED) is 0.584. The Balaban J connectivity index is 2.08. The number of rotatable bonds is 5. The van der Waals surface area contributed by atoms with Gasteiger partial charge in [-0.05, 0) is 43.7 Å². The summed E-state index contributed by atoms with van der Waals surface area (Å²) >= 11 is 0. The molecule has 1 aromatic rings. The lowest BCUT2D eigenvalue weighted by Gasteiger charge is -2.49. The number of nitrogens with zero attached hydrogens (tertiary/aromatic N) is 1. The van der Waals surface area contributed by atoms with E-state index in [2.05, 4.69) is 11.9 Å². The summed E-state index contributed by atoms with van der Waals surface area (Å²) in [5.41, 5.74) is -1.12. The maximum Gasteiger partial charge on any atom is 0.235 e. The maximum absolute atomic E-state index is 14.9. The van der Waals surface area contributed by atoms with Gasteiger partial charge >= 0.3 is 0 Å². The average molecular weight is 403 g/mol. The Kier molecular flexibility index (Phi) is 5.83. The van der Waals surface area contributed by atoms with Crippen LogP contribution in [0.1, 0.15) is 18.9 Å². The van der Waals surface area contributed by atoms with E-state index in [0.717, 1.165) is 6.08 Å². The highest BCUT2D eigenvalue weighted by atomic mass is 19.1. The monoisotopic (exact) mass is 403 g/mol. The zero-order valence-electron chi connectivity index (χ0n) is 16.3. The molecule has 0 aliphatic carbocycles. The van der Waals surface area contributed by atoms with Crippen molar-refractivity contribution in [3.8, 4) is 5.75 Å². The van der Waals surface area contributed by atoms with Gasteiger partial charge in [0.05, 0.1) is 12.5 Å². The van der Waals surface area contributed by atoms with Crippen molar-refractivity contribution in [2.75, 3.05) is 20.3 Å². The van der Waals surface area contributed by atoms with Crippen LogP contribution in [0.2, 0.25) is 0 Å². The summed E-state index contributed by atoms with van der Waals surface area (Å²) in [5, 5.41) is 11.1. The van der Waals surface area contributed by atoms with Crippen LogP contribution in [-0.4, -0.2) is 37.0 Å². The topological polar surface area (TPSA) is 74.7 Å². The number of carbonyl (C=O) groups is 1. The van der Waals surface area contributed by atoms with Crippen LogP contribution < -0.4 is 10.1 Å². The highest BCUT2D eigenvalue weighted by Gasteiger charge is 2.53. The van der Waals surface area contributed by atoms with Crippen LogP contribution in [0.4, 0.5) is 8.78 Å². The number of ether oxygens (including phenoxy) is 2. The second-order valence-corrected chi connectivity index (χ2v) is 6.90. The van der Waals surface area contributed by atoms with Crippen molar-refractivity contribution in [3.63, 3.8) is 0 Å². The number of guanidine groups is 1. The molecule has 29 heavy (non-hydrogen) atoms. The Morgan fingerprint density at radius 2 is 2.28 bits per heavy atom. The Labute approximate surface area is 168 Å². The van der Waals surface area contributed by atoms with E-state index in [1.54, 1.807) is 13.0 Å². The number of hydrogen-bond acceptors (Lipinski definition) is 4. The van der Waals surface area contributed by atoms with Gasteiger partial charge < -0.3 is 14.8 Å². The van der Waals surface area contributed by atoms with Crippen LogP contribution in [0.25, 0.3) is 0 Å². The minimum atomic E-state index is -1.25. The second kappa shape index (κ2) is 8.16. The molecule has 2 fully saturated rings. The molecule has 0 aromatic heterocycles. The van der Waals surface area contributed by atoms with Gasteiger partial charge in [0.2, 0.25) is 5.91 Å². The van der Waals surface area contributed by atoms with E-state index in [1.807, 2.05) is 0 Å². The molecular weight excluding hydrogens is 380 g/mol. The van der Waals surface area contributed by atoms with Gasteiger partial charge in [0.25, 0.3) is 0 Å². The molecule has 2 aliphatic rings. The van der Waals surface area contributed by atoms with Crippen molar-refractivity contribution in [2.24, 2.45) is 5.92 Å². The van der Waals surface area contributed by atoms with Crippen molar-refractivity contribution in [1.29, 1.82) is 5.41 Å². The van der Waals surface area contributed by atoms with Crippen molar-refractivity contribution in [3.05, 3.63) is 66.0 Å². The first kappa shape index (κ1) is 20.7. The zero-order chi connectivity index (χ0) is 21.2. The van der Waals surface area contributed by atoms with Crippen LogP contribution in [0.15, 0.2) is 54.6 Å². The van der Waals surface area contributed by atoms with Gasteiger partial charge in [0.15, 0.2) is 17.5 Å². The summed E-state index contributed by atoms with van der Waals surface area (Å²) in [7, 11) is 1.50. The van der Waals surface area contributed by atoms with Crippen molar-refractivity contribution in [1.82, 2.24) is 10.2 Å². The number of fused-ring (bicyclic) bond motifs is 1. The van der Waals surface area contributed by atoms with Crippen LogP contribution in [0, 0.1) is 17.1 Å². The predicted octanol–water partition coefficient (Wildman–Crippen LogP) is 3.38. The molecule has 8 heteroatoms. The van der Waals surface area contributed by atoms with E-state index in [9.17, 15) is 13.6 Å². The number of halogens is 2. The average Bonchev–Trinajstić information content (AvgIpc) is 2.72. The molecular formula is C21H23F2N3O3. The molecule has 3 rings (SSSR count). The van der Waals surface area contributed by atoms with Gasteiger partial charge in [-0.1, -0.05) is 12.7 Å². The number of nitrogens with one attached hydrogen (secondary N) is 2. The second-order valence-electron chi connectivity index (χ2n) is 6.90. The van der Waals surface area contributed by atoms with Crippen LogP contribution in [-0.2, 0) is 15.1 Å². The lowest BCUT2D eigenvalue weighted by molar-refractivity contribution is -0.143. The highest BCUT2D eigenvalue weighted by molar-refractivity contribution is 6.00. The Hall–Kier alpha value is -3.00. The minimum Gasteiger partial charge on any atom is -0.454 e. The first-order chi connectivity index (χ1) is 13.8. The molecule has 154 valence electrons. The fourth-order valence-electron chi connectivity index (χ4n) is 3.66. The summed E-state index contributed by atoms with van der Waals surface area (Å²) in [6.07, 6.45) is 4.42. The summed E-state index contributed by atoms with van der Waals surface area (Å²) in [6.45, 7) is 5.47. The molecule has 2 heterocycles. The molecule has 0 saturated carbocycles. The molecule has 1 aromatic carbocycles. The van der Waals surface area contributed by atoms with Gasteiger partial charge in [-0.25, -0.2) is 8.78 Å². The Bertz CT molecular complexity index is 912. The van der Waals surface area contributed by atoms with Crippen LogP contribution in [0.5, 0.6) is 5.75 Å². The lowest BCUT2D eigenvalue weighted by Crippen LogP contribution is -2.68. The molecule has 2 saturated heterocycles. The van der Waals surface area contributed by atoms with Crippen LogP contribution >= 0.6 is 0 Å². The standard InChI is InChI=1S/C21H23F2N3O3/c1-4-6-18(16(22)5-2)29-13-7-8-17(23)15(11-13)21-12-28-10-9-14(21)19(27)26(3)20(24)25-21/h4-8,11,14H,2,9-10,12H2,1,3H3,(H2,24,25)/b6-4-,18-16-. The Morgan fingerprint density at radius 3 is 2.97 bits per heavy atom. The van der Waals surface area contributed by atoms with Gasteiger partial charge in [-0.3, -0.25) is 15.1 Å². The van der Waals surface area contributed by atoms with E-state index in [-0.39, 0.29) is 35.5 Å². The fraction of sp³-hybridized carbons (Fsp3) is 0.333. The third kappa shape index (κ3) is 3.67. The number of hydrogen-bond donors (Lipinski definition) is 2. The SMILES string of the molecule is C=C/C(F)=C(\C=C/C)Oc1ccc(F)c(C23COCCC2C(=O)N(C)C(=N)N3)c1. The number of carbonyl (C=O) groups excluding carboxylic acids is 1. The molecule has 6 nitrogen and oxygen atoms in total. The van der Waals surface area contributed by atoms with E-state index >= 15 is 0 Å². The smallest absolute Gasteiger partial charge is 0.235 e. The number of benzene rings is 1. The fourth-order valence-corrected chi connectivity index (χ4v) is 3.66. The highest BCUT2D eigenvalue weighted by Crippen LogP contribution is 2.41. The van der Waals surface area contributed by atoms with Crippen molar-refractivity contribution in [2.45, 2.75) is 18.9 Å². The van der Waals surface area contributed by atoms with E-state index in [0.29, 0.717) is 13.0 Å². The number of amides is 1. The van der Waals surface area contributed by atoms with Gasteiger partial charge in [0.1, 0.15) is 17.1 Å². The largest absolute Gasteiger partial charge is 0.454 e. The van der Waals surface area contributed by atoms with Crippen molar-refractivity contribution < 1.29 is 23.0 Å². The van der Waals surface area contributed by atoms with Gasteiger partial charge in [-0.15, -0.1) is 0 Å². The van der Waals surface area contributed by atoms with E-state index in [4.69, 9.17) is 14.9 Å². The number of allylic oxidation sites excluding steroid dienone is 4. The summed E-state index contributed by atoms with van der Waals surface area (Å²) in [4.78, 5) is 14.0. The summed E-state index contributed by atoms with van der Waals surface area (Å²) in [5.74, 6) is -2.18. The normalized spacial score (nSPS) is 25.4. The van der Waals surface area contributed by atoms with Crippen molar-refractivity contribution >= 4 is 11.9 Å². The van der Waals surface area contributed by atoms with E-state index < -0.39 is 23.1 Å². The van der Waals surface area contributed by atoms with E-state index in [1.165, 1.54) is 36.2 Å². The first-order valence-electron chi connectivity index (χ1n) is 9.19. The van der Waals surface area contributed by atoms with Crippen LogP contribution in [0.3, 0.4) is 0 Å².